The Balaban J connectivity index is 3.45. The largest absolute Gasteiger partial charge is 0.405 e. The van der Waals surface area contributed by atoms with E-state index in [0.717, 1.165) is 0 Å². The van der Waals surface area contributed by atoms with E-state index in [1.165, 1.54) is 14.2 Å². The van der Waals surface area contributed by atoms with E-state index in [2.05, 4.69) is 14.1 Å². The highest BCUT2D eigenvalue weighted by Crippen LogP contribution is 2.40. The molecule has 0 amide bonds. The molecule has 0 radical (unpaired) electrons. The molecule has 0 bridgehead atoms. The van der Waals surface area contributed by atoms with Crippen molar-refractivity contribution in [2.45, 2.75) is 0 Å². The number of rotatable bonds is 8. The number of hydrogen-bond acceptors (Lipinski definition) is 5. The summed E-state index contributed by atoms with van der Waals surface area (Å²) in [6, 6.07) is 0. The van der Waals surface area contributed by atoms with Crippen LogP contribution in [0.4, 0.5) is 0 Å². The summed E-state index contributed by atoms with van der Waals surface area (Å²) < 4.78 is 25.5. The molecule has 0 aromatic rings. The Labute approximate surface area is 77.8 Å². The van der Waals surface area contributed by atoms with Crippen LogP contribution in [0.1, 0.15) is 0 Å². The first-order valence-electron chi connectivity index (χ1n) is 3.83. The monoisotopic (exact) mass is 213 g/mol. The predicted octanol–water partition coefficient (Wildman–Crippen LogP) is -0.0142. The Bertz CT molecular complexity index is 157. The van der Waals surface area contributed by atoms with E-state index >= 15 is 0 Å². The van der Waals surface area contributed by atoms with Gasteiger partial charge < -0.3 is 18.9 Å². The van der Waals surface area contributed by atoms with Gasteiger partial charge in [-0.3, -0.25) is 0 Å². The number of hydrogen-bond donors (Lipinski definition) is 2. The van der Waals surface area contributed by atoms with Crippen molar-refractivity contribution in [2.24, 2.45) is 0 Å². The van der Waals surface area contributed by atoms with Gasteiger partial charge in [0.2, 0.25) is 0 Å². The lowest BCUT2D eigenvalue weighted by molar-refractivity contribution is 0.0949. The van der Waals surface area contributed by atoms with Crippen LogP contribution in [0.2, 0.25) is 0 Å². The average molecular weight is 213 g/mol. The number of ether oxygens (including phenoxy) is 1. The maximum Gasteiger partial charge on any atom is 0.405 e. The third-order valence-electron chi connectivity index (χ3n) is 1.27. The lowest BCUT2D eigenvalue weighted by atomic mass is 10.7. The minimum atomic E-state index is -3.12. The maximum atomic E-state index is 11.3. The summed E-state index contributed by atoms with van der Waals surface area (Å²) in [6.45, 7) is 0.939. The molecular formula is C6H16NO5P. The second-order valence-electron chi connectivity index (χ2n) is 2.11. The molecule has 0 unspecified atom stereocenters. The Hall–Kier alpha value is 0.0300. The Morgan fingerprint density at radius 2 is 1.92 bits per heavy atom. The molecule has 7 heteroatoms. The fraction of sp³-hybridized carbons (Fsp3) is 1.00. The molecule has 0 aromatic carbocycles. The number of aliphatic hydroxyl groups excluding tert-OH is 1. The first-order chi connectivity index (χ1) is 6.18. The molecular weight excluding hydrogens is 197 g/mol. The Kier molecular flexibility index (Phi) is 7.45. The predicted molar refractivity (Wildman–Crippen MR) is 47.5 cm³/mol. The quantitative estimate of drug-likeness (QED) is 0.436. The molecule has 13 heavy (non-hydrogen) atoms. The van der Waals surface area contributed by atoms with Gasteiger partial charge in [0, 0.05) is 20.8 Å². The summed E-state index contributed by atoms with van der Waals surface area (Å²) >= 11 is 0. The van der Waals surface area contributed by atoms with E-state index < -0.39 is 7.75 Å². The highest BCUT2D eigenvalue weighted by atomic mass is 31.2. The molecule has 0 rings (SSSR count). The average Bonchev–Trinajstić information content (AvgIpc) is 2.17. The molecule has 2 N–H and O–H groups in total. The minimum Gasteiger partial charge on any atom is -0.394 e. The molecule has 0 saturated heterocycles. The molecule has 0 spiro atoms. The normalized spacial score (nSPS) is 11.9. The Morgan fingerprint density at radius 3 is 2.38 bits per heavy atom. The third-order valence-corrected chi connectivity index (χ3v) is 2.84. The highest BCUT2D eigenvalue weighted by Gasteiger charge is 2.18. The minimum absolute atomic E-state index is 0.0216. The third kappa shape index (κ3) is 6.15. The van der Waals surface area contributed by atoms with Crippen molar-refractivity contribution in [1.29, 1.82) is 0 Å². The van der Waals surface area contributed by atoms with E-state index in [-0.39, 0.29) is 13.2 Å². The lowest BCUT2D eigenvalue weighted by Crippen LogP contribution is -2.19. The molecule has 0 heterocycles. The van der Waals surface area contributed by atoms with Gasteiger partial charge >= 0.3 is 7.75 Å². The van der Waals surface area contributed by atoms with Crippen LogP contribution in [0.3, 0.4) is 0 Å². The van der Waals surface area contributed by atoms with Crippen LogP contribution in [0.15, 0.2) is 0 Å². The summed E-state index contributed by atoms with van der Waals surface area (Å²) in [6.07, 6.45) is 0. The highest BCUT2D eigenvalue weighted by molar-refractivity contribution is 7.51. The van der Waals surface area contributed by atoms with Gasteiger partial charge in [0.15, 0.2) is 0 Å². The van der Waals surface area contributed by atoms with Gasteiger partial charge in [0.05, 0.1) is 19.8 Å². The van der Waals surface area contributed by atoms with Crippen LogP contribution < -0.4 is 5.09 Å². The zero-order valence-corrected chi connectivity index (χ0v) is 8.75. The van der Waals surface area contributed by atoms with E-state index in [9.17, 15) is 4.57 Å². The zero-order chi connectivity index (χ0) is 10.2. The smallest absolute Gasteiger partial charge is 0.394 e. The lowest BCUT2D eigenvalue weighted by Gasteiger charge is -2.14. The zero-order valence-electron chi connectivity index (χ0n) is 7.86. The summed E-state index contributed by atoms with van der Waals surface area (Å²) in [5, 5.41) is 10.9. The fourth-order valence-corrected chi connectivity index (χ4v) is 1.40. The molecule has 80 valence electrons. The molecule has 0 aliphatic rings. The van der Waals surface area contributed by atoms with Gasteiger partial charge in [0.1, 0.15) is 0 Å². The Morgan fingerprint density at radius 1 is 1.31 bits per heavy atom. The van der Waals surface area contributed by atoms with Gasteiger partial charge in [-0.25, -0.2) is 9.65 Å². The molecule has 0 aliphatic carbocycles. The van der Waals surface area contributed by atoms with Gasteiger partial charge in [-0.1, -0.05) is 0 Å². The summed E-state index contributed by atoms with van der Waals surface area (Å²) in [5.74, 6) is 0. The van der Waals surface area contributed by atoms with E-state index in [4.69, 9.17) is 9.84 Å². The molecule has 0 fully saturated rings. The van der Waals surface area contributed by atoms with Crippen LogP contribution >= 0.6 is 7.75 Å². The van der Waals surface area contributed by atoms with Crippen molar-refractivity contribution in [1.82, 2.24) is 5.09 Å². The van der Waals surface area contributed by atoms with Gasteiger partial charge in [0.25, 0.3) is 0 Å². The van der Waals surface area contributed by atoms with Gasteiger partial charge in [-0.15, -0.1) is 0 Å². The molecule has 6 nitrogen and oxygen atoms in total. The van der Waals surface area contributed by atoms with E-state index in [1.807, 2.05) is 0 Å². The van der Waals surface area contributed by atoms with E-state index in [1.54, 1.807) is 0 Å². The van der Waals surface area contributed by atoms with Crippen molar-refractivity contribution >= 4 is 7.75 Å². The van der Waals surface area contributed by atoms with Crippen LogP contribution in [0.25, 0.3) is 0 Å². The van der Waals surface area contributed by atoms with Crippen LogP contribution in [-0.2, 0) is 18.3 Å². The van der Waals surface area contributed by atoms with Gasteiger partial charge in [-0.2, -0.15) is 0 Å². The molecule has 0 aromatic heterocycles. The number of aliphatic hydroxyl groups is 1. The molecule has 0 saturated carbocycles. The second kappa shape index (κ2) is 7.44. The summed E-state index contributed by atoms with van der Waals surface area (Å²) in [5.41, 5.74) is 0. The standard InChI is InChI=1S/C6H16NO5P/c1-10-13(9,11-2)7-3-5-12-6-4-8/h8H,3-6H2,1-2H3,(H,7,9). The topological polar surface area (TPSA) is 77.0 Å². The SMILES string of the molecule is COP(=O)(NCCOCCO)OC. The number of nitrogens with one attached hydrogen (secondary N) is 1. The first kappa shape index (κ1) is 13.0. The van der Waals surface area contributed by atoms with Crippen LogP contribution in [0, 0.1) is 0 Å². The van der Waals surface area contributed by atoms with Crippen molar-refractivity contribution < 1.29 is 23.5 Å². The summed E-state index contributed by atoms with van der Waals surface area (Å²) in [4.78, 5) is 0. The molecule has 0 atom stereocenters. The van der Waals surface area contributed by atoms with Crippen molar-refractivity contribution in [3.05, 3.63) is 0 Å². The first-order valence-corrected chi connectivity index (χ1v) is 5.38. The van der Waals surface area contributed by atoms with Crippen LogP contribution in [-0.4, -0.2) is 45.7 Å². The fourth-order valence-electron chi connectivity index (χ4n) is 0.625. The second-order valence-corrected chi connectivity index (χ2v) is 4.15. The maximum absolute atomic E-state index is 11.3. The van der Waals surface area contributed by atoms with Crippen molar-refractivity contribution in [3.8, 4) is 0 Å². The van der Waals surface area contributed by atoms with Gasteiger partial charge in [-0.05, 0) is 0 Å². The van der Waals surface area contributed by atoms with Crippen molar-refractivity contribution in [2.75, 3.05) is 40.6 Å². The summed E-state index contributed by atoms with van der Waals surface area (Å²) in [7, 11) is -0.527. The molecule has 0 aliphatic heterocycles. The van der Waals surface area contributed by atoms with Crippen LogP contribution in [0.5, 0.6) is 0 Å². The van der Waals surface area contributed by atoms with Crippen molar-refractivity contribution in [3.63, 3.8) is 0 Å². The van der Waals surface area contributed by atoms with E-state index in [0.29, 0.717) is 13.2 Å².